The largest absolute Gasteiger partial charge is 0.493 e. The summed E-state index contributed by atoms with van der Waals surface area (Å²) >= 11 is 6.10. The molecule has 0 atom stereocenters. The highest BCUT2D eigenvalue weighted by Crippen LogP contribution is 2.28. The first kappa shape index (κ1) is 19.7. The molecule has 1 N–H and O–H groups in total. The number of carbonyl (C=O) groups is 1. The maximum absolute atomic E-state index is 12.1. The molecule has 0 saturated heterocycles. The number of nitrogens with one attached hydrogen (secondary N) is 1. The summed E-state index contributed by atoms with van der Waals surface area (Å²) in [6.45, 7) is 2.59. The van der Waals surface area contributed by atoms with Gasteiger partial charge in [-0.15, -0.1) is 6.42 Å². The fraction of sp³-hybridized carbons (Fsp3) is 0.286. The molecule has 0 aliphatic rings. The molecule has 5 heteroatoms. The number of aryl methyl sites for hydroxylation is 2. The van der Waals surface area contributed by atoms with Crippen LogP contribution in [0.1, 0.15) is 23.1 Å². The van der Waals surface area contributed by atoms with E-state index < -0.39 is 0 Å². The molecule has 0 spiro atoms. The predicted molar refractivity (Wildman–Crippen MR) is 104 cm³/mol. The van der Waals surface area contributed by atoms with Crippen LogP contribution in [0, 0.1) is 19.3 Å². The van der Waals surface area contributed by atoms with Gasteiger partial charge in [0.1, 0.15) is 6.61 Å². The highest BCUT2D eigenvalue weighted by atomic mass is 35.5. The second-order valence-corrected chi connectivity index (χ2v) is 6.25. The van der Waals surface area contributed by atoms with Crippen LogP contribution < -0.4 is 14.8 Å². The van der Waals surface area contributed by atoms with E-state index in [0.717, 1.165) is 16.7 Å². The van der Waals surface area contributed by atoms with Crippen LogP contribution in [-0.2, 0) is 17.8 Å². The minimum Gasteiger partial charge on any atom is -0.493 e. The van der Waals surface area contributed by atoms with Gasteiger partial charge in [-0.05, 0) is 48.2 Å². The lowest BCUT2D eigenvalue weighted by Crippen LogP contribution is -2.23. The molecule has 0 fully saturated rings. The number of benzene rings is 2. The van der Waals surface area contributed by atoms with Gasteiger partial charge in [-0.1, -0.05) is 35.7 Å². The van der Waals surface area contributed by atoms with Crippen LogP contribution in [0.15, 0.2) is 36.4 Å². The van der Waals surface area contributed by atoms with E-state index in [1.165, 1.54) is 0 Å². The van der Waals surface area contributed by atoms with E-state index in [9.17, 15) is 4.79 Å². The normalized spacial score (nSPS) is 10.1. The first-order valence-electron chi connectivity index (χ1n) is 8.28. The fourth-order valence-corrected chi connectivity index (χ4v) is 2.60. The lowest BCUT2D eigenvalue weighted by Gasteiger charge is -2.11. The maximum Gasteiger partial charge on any atom is 0.220 e. The van der Waals surface area contributed by atoms with Gasteiger partial charge in [-0.25, -0.2) is 0 Å². The van der Waals surface area contributed by atoms with Gasteiger partial charge in [0, 0.05) is 18.0 Å². The van der Waals surface area contributed by atoms with Gasteiger partial charge in [0.25, 0.3) is 0 Å². The van der Waals surface area contributed by atoms with E-state index >= 15 is 0 Å². The van der Waals surface area contributed by atoms with Crippen molar-refractivity contribution in [3.8, 4) is 23.8 Å². The number of ether oxygens (including phenoxy) is 2. The van der Waals surface area contributed by atoms with Crippen LogP contribution in [-0.4, -0.2) is 19.6 Å². The standard InChI is InChI=1S/C21H22ClNO3/c1-4-11-26-19-9-7-16(13-20(19)25-3)8-10-21(24)23-14-17-6-5-15(2)18(22)12-17/h1,5-7,9,12-13H,8,10-11,14H2,2-3H3,(H,23,24). The van der Waals surface area contributed by atoms with E-state index in [1.807, 2.05) is 37.3 Å². The van der Waals surface area contributed by atoms with Gasteiger partial charge >= 0.3 is 0 Å². The lowest BCUT2D eigenvalue weighted by atomic mass is 10.1. The van der Waals surface area contributed by atoms with E-state index in [1.54, 1.807) is 13.2 Å². The molecular formula is C21H22ClNO3. The number of terminal acetylenes is 1. The highest BCUT2D eigenvalue weighted by Gasteiger charge is 2.08. The van der Waals surface area contributed by atoms with Crippen LogP contribution in [0.25, 0.3) is 0 Å². The monoisotopic (exact) mass is 371 g/mol. The Hall–Kier alpha value is -2.64. The van der Waals surface area contributed by atoms with Gasteiger partial charge in [-0.3, -0.25) is 4.79 Å². The molecule has 26 heavy (non-hydrogen) atoms. The summed E-state index contributed by atoms with van der Waals surface area (Å²) in [4.78, 5) is 12.1. The highest BCUT2D eigenvalue weighted by molar-refractivity contribution is 6.31. The molecule has 0 unspecified atom stereocenters. The minimum atomic E-state index is -0.0201. The van der Waals surface area contributed by atoms with Crippen molar-refractivity contribution in [1.29, 1.82) is 0 Å². The molecule has 2 rings (SSSR count). The Kier molecular flexibility index (Phi) is 7.37. The minimum absolute atomic E-state index is 0.0201. The van der Waals surface area contributed by atoms with E-state index in [4.69, 9.17) is 27.5 Å². The Labute approximate surface area is 159 Å². The summed E-state index contributed by atoms with van der Waals surface area (Å²) in [6, 6.07) is 11.3. The number of halogens is 1. The van der Waals surface area contributed by atoms with Gasteiger partial charge in [0.05, 0.1) is 7.11 Å². The fourth-order valence-electron chi connectivity index (χ4n) is 2.40. The Bertz CT molecular complexity index is 811. The Morgan fingerprint density at radius 1 is 1.19 bits per heavy atom. The van der Waals surface area contributed by atoms with Gasteiger partial charge in [0.2, 0.25) is 5.91 Å². The van der Waals surface area contributed by atoms with Crippen LogP contribution in [0.4, 0.5) is 0 Å². The molecule has 0 radical (unpaired) electrons. The average Bonchev–Trinajstić information content (AvgIpc) is 2.65. The Morgan fingerprint density at radius 3 is 2.65 bits per heavy atom. The molecule has 2 aromatic rings. The summed E-state index contributed by atoms with van der Waals surface area (Å²) in [6.07, 6.45) is 6.18. The molecule has 1 amide bonds. The quantitative estimate of drug-likeness (QED) is 0.715. The third-order valence-corrected chi connectivity index (χ3v) is 4.31. The van der Waals surface area contributed by atoms with Gasteiger partial charge < -0.3 is 14.8 Å². The van der Waals surface area contributed by atoms with Crippen molar-refractivity contribution in [2.45, 2.75) is 26.3 Å². The maximum atomic E-state index is 12.1. The zero-order valence-corrected chi connectivity index (χ0v) is 15.7. The van der Waals surface area contributed by atoms with Gasteiger partial charge in [0.15, 0.2) is 11.5 Å². The van der Waals surface area contributed by atoms with Crippen molar-refractivity contribution in [3.63, 3.8) is 0 Å². The third kappa shape index (κ3) is 5.72. The van der Waals surface area contributed by atoms with Crippen LogP contribution in [0.3, 0.4) is 0 Å². The zero-order chi connectivity index (χ0) is 18.9. The molecule has 0 bridgehead atoms. The smallest absolute Gasteiger partial charge is 0.220 e. The number of carbonyl (C=O) groups excluding carboxylic acids is 1. The molecule has 4 nitrogen and oxygen atoms in total. The molecule has 0 aliphatic heterocycles. The van der Waals surface area contributed by atoms with Crippen molar-refractivity contribution < 1.29 is 14.3 Å². The second-order valence-electron chi connectivity index (χ2n) is 5.84. The summed E-state index contributed by atoms with van der Waals surface area (Å²) in [7, 11) is 1.57. The summed E-state index contributed by atoms with van der Waals surface area (Å²) in [5.74, 6) is 3.59. The van der Waals surface area contributed by atoms with Crippen molar-refractivity contribution >= 4 is 17.5 Å². The van der Waals surface area contributed by atoms with E-state index in [0.29, 0.717) is 35.9 Å². The molecule has 0 saturated carbocycles. The predicted octanol–water partition coefficient (Wildman–Crippen LogP) is 3.92. The van der Waals surface area contributed by atoms with Crippen molar-refractivity contribution in [1.82, 2.24) is 5.32 Å². The Balaban J connectivity index is 1.86. The van der Waals surface area contributed by atoms with Gasteiger partial charge in [-0.2, -0.15) is 0 Å². The SMILES string of the molecule is C#CCOc1ccc(CCC(=O)NCc2ccc(C)c(Cl)c2)cc1OC. The number of rotatable bonds is 8. The molecule has 136 valence electrons. The summed E-state index contributed by atoms with van der Waals surface area (Å²) in [5.41, 5.74) is 2.99. The number of amides is 1. The molecule has 0 aliphatic carbocycles. The summed E-state index contributed by atoms with van der Waals surface area (Å²) in [5, 5.41) is 3.61. The number of hydrogen-bond acceptors (Lipinski definition) is 3. The Morgan fingerprint density at radius 2 is 1.96 bits per heavy atom. The molecular weight excluding hydrogens is 350 g/mol. The van der Waals surface area contributed by atoms with Crippen molar-refractivity contribution in [2.75, 3.05) is 13.7 Å². The number of hydrogen-bond donors (Lipinski definition) is 1. The third-order valence-electron chi connectivity index (χ3n) is 3.91. The number of methoxy groups -OCH3 is 1. The summed E-state index contributed by atoms with van der Waals surface area (Å²) < 4.78 is 10.7. The average molecular weight is 372 g/mol. The molecule has 0 heterocycles. The van der Waals surface area contributed by atoms with Crippen molar-refractivity contribution in [2.24, 2.45) is 0 Å². The first-order valence-corrected chi connectivity index (χ1v) is 8.66. The topological polar surface area (TPSA) is 47.6 Å². The zero-order valence-electron chi connectivity index (χ0n) is 15.0. The van der Waals surface area contributed by atoms with Crippen LogP contribution >= 0.6 is 11.6 Å². The first-order chi connectivity index (χ1) is 12.5. The second kappa shape index (κ2) is 9.74. The van der Waals surface area contributed by atoms with E-state index in [2.05, 4.69) is 11.2 Å². The van der Waals surface area contributed by atoms with Crippen molar-refractivity contribution in [3.05, 3.63) is 58.1 Å². The van der Waals surface area contributed by atoms with E-state index in [-0.39, 0.29) is 12.5 Å². The lowest BCUT2D eigenvalue weighted by molar-refractivity contribution is -0.121. The molecule has 2 aromatic carbocycles. The van der Waals surface area contributed by atoms with Crippen LogP contribution in [0.5, 0.6) is 11.5 Å². The molecule has 0 aromatic heterocycles. The van der Waals surface area contributed by atoms with Crippen LogP contribution in [0.2, 0.25) is 5.02 Å².